The molecule has 0 N–H and O–H groups in total. The van der Waals surface area contributed by atoms with Crippen LogP contribution in [-0.2, 0) is 0 Å². The lowest BCUT2D eigenvalue weighted by atomic mass is 9.88. The van der Waals surface area contributed by atoms with Gasteiger partial charge in [0.15, 0.2) is 0 Å². The molecule has 3 aliphatic carbocycles. The Morgan fingerprint density at radius 2 is 1.68 bits per heavy atom. The molecule has 1 aromatic carbocycles. The van der Waals surface area contributed by atoms with Crippen molar-refractivity contribution >= 4 is 6.08 Å². The minimum absolute atomic E-state index is 0.435. The Morgan fingerprint density at radius 1 is 0.789 bits per heavy atom. The molecule has 0 bridgehead atoms. The fourth-order valence-corrected chi connectivity index (χ4v) is 3.12. The highest BCUT2D eigenvalue weighted by Crippen LogP contribution is 2.42. The summed E-state index contributed by atoms with van der Waals surface area (Å²) in [7, 11) is 0. The van der Waals surface area contributed by atoms with Crippen LogP contribution in [-0.4, -0.2) is 0 Å². The zero-order valence-electron chi connectivity index (χ0n) is 10.7. The van der Waals surface area contributed by atoms with Crippen LogP contribution in [0.1, 0.15) is 11.1 Å². The zero-order valence-corrected chi connectivity index (χ0v) is 10.7. The average molecular weight is 243 g/mol. The molecule has 3 aliphatic rings. The van der Waals surface area contributed by atoms with Crippen molar-refractivity contribution in [1.29, 1.82) is 0 Å². The highest BCUT2D eigenvalue weighted by atomic mass is 14.3. The van der Waals surface area contributed by atoms with Crippen LogP contribution >= 0.6 is 0 Å². The van der Waals surface area contributed by atoms with E-state index >= 15 is 0 Å². The SMILES string of the molecule is [CH]1C(C2C=CC3C=CC=CC=C32)=Cc2ccccc21. The van der Waals surface area contributed by atoms with Gasteiger partial charge in [-0.1, -0.05) is 78.4 Å². The maximum Gasteiger partial charge on any atom is 0.0209 e. The van der Waals surface area contributed by atoms with Gasteiger partial charge in [0.25, 0.3) is 0 Å². The summed E-state index contributed by atoms with van der Waals surface area (Å²) in [6.07, 6.45) is 20.2. The first kappa shape index (κ1) is 10.8. The fourth-order valence-electron chi connectivity index (χ4n) is 3.12. The lowest BCUT2D eigenvalue weighted by Gasteiger charge is -2.15. The number of allylic oxidation sites excluding steroid dienone is 9. The Balaban J connectivity index is 1.69. The van der Waals surface area contributed by atoms with Crippen LogP contribution < -0.4 is 0 Å². The Hall–Kier alpha value is -2.08. The maximum atomic E-state index is 2.34. The zero-order chi connectivity index (χ0) is 12.7. The van der Waals surface area contributed by atoms with Gasteiger partial charge >= 0.3 is 0 Å². The second kappa shape index (κ2) is 4.24. The van der Waals surface area contributed by atoms with Gasteiger partial charge < -0.3 is 0 Å². The largest absolute Gasteiger partial charge is 0.0766 e. The van der Waals surface area contributed by atoms with E-state index in [1.807, 2.05) is 0 Å². The summed E-state index contributed by atoms with van der Waals surface area (Å²) in [6.45, 7) is 0. The first-order valence-corrected chi connectivity index (χ1v) is 6.80. The first-order valence-electron chi connectivity index (χ1n) is 6.80. The smallest absolute Gasteiger partial charge is 0.0209 e. The molecule has 4 rings (SSSR count). The van der Waals surface area contributed by atoms with E-state index in [0.717, 1.165) is 0 Å². The number of rotatable bonds is 1. The molecular weight excluding hydrogens is 228 g/mol. The standard InChI is InChI=1S/C19H15/c1-2-6-14-10-11-19(18(14)9-3-1)17-12-15-7-4-5-8-16(15)13-17/h1-14,19H. The lowest BCUT2D eigenvalue weighted by Crippen LogP contribution is -2.04. The second-order valence-electron chi connectivity index (χ2n) is 5.24. The van der Waals surface area contributed by atoms with E-state index in [-0.39, 0.29) is 0 Å². The molecule has 0 saturated carbocycles. The Labute approximate surface area is 114 Å². The van der Waals surface area contributed by atoms with Crippen molar-refractivity contribution in [2.24, 2.45) is 11.8 Å². The van der Waals surface area contributed by atoms with Gasteiger partial charge in [-0.15, -0.1) is 0 Å². The first-order chi connectivity index (χ1) is 9.42. The summed E-state index contributed by atoms with van der Waals surface area (Å²) >= 11 is 0. The predicted octanol–water partition coefficient (Wildman–Crippen LogP) is 4.49. The van der Waals surface area contributed by atoms with Crippen molar-refractivity contribution in [2.75, 3.05) is 0 Å². The van der Waals surface area contributed by atoms with Crippen molar-refractivity contribution in [2.45, 2.75) is 0 Å². The van der Waals surface area contributed by atoms with Crippen LogP contribution in [0.15, 0.2) is 77.9 Å². The van der Waals surface area contributed by atoms with Gasteiger partial charge in [0, 0.05) is 18.3 Å². The monoisotopic (exact) mass is 243 g/mol. The third-order valence-corrected chi connectivity index (χ3v) is 4.08. The molecular formula is C19H15. The number of hydrogen-bond acceptors (Lipinski definition) is 0. The molecule has 0 aromatic heterocycles. The van der Waals surface area contributed by atoms with E-state index in [4.69, 9.17) is 0 Å². The molecule has 0 fully saturated rings. The minimum atomic E-state index is 0.435. The molecule has 0 aliphatic heterocycles. The lowest BCUT2D eigenvalue weighted by molar-refractivity contribution is 0.859. The molecule has 1 radical (unpaired) electrons. The van der Waals surface area contributed by atoms with Crippen LogP contribution in [0.5, 0.6) is 0 Å². The average Bonchev–Trinajstić information content (AvgIpc) is 2.96. The molecule has 0 saturated heterocycles. The molecule has 19 heavy (non-hydrogen) atoms. The molecule has 0 amide bonds. The van der Waals surface area contributed by atoms with Gasteiger partial charge in [-0.25, -0.2) is 0 Å². The summed E-state index contributed by atoms with van der Waals surface area (Å²) in [5.41, 5.74) is 5.58. The quantitative estimate of drug-likeness (QED) is 0.637. The summed E-state index contributed by atoms with van der Waals surface area (Å²) in [4.78, 5) is 0. The Bertz CT molecular complexity index is 665. The summed E-state index contributed by atoms with van der Waals surface area (Å²) in [6, 6.07) is 8.60. The van der Waals surface area contributed by atoms with Crippen molar-refractivity contribution in [3.05, 3.63) is 95.5 Å². The van der Waals surface area contributed by atoms with Gasteiger partial charge in [-0.3, -0.25) is 0 Å². The van der Waals surface area contributed by atoms with Crippen LogP contribution in [0, 0.1) is 18.3 Å². The summed E-state index contributed by atoms with van der Waals surface area (Å²) < 4.78 is 0. The normalized spacial score (nSPS) is 26.7. The molecule has 1 aromatic rings. The molecule has 2 unspecified atom stereocenters. The van der Waals surface area contributed by atoms with E-state index in [2.05, 4.69) is 79.3 Å². The molecule has 0 spiro atoms. The van der Waals surface area contributed by atoms with E-state index < -0.39 is 0 Å². The van der Waals surface area contributed by atoms with Gasteiger partial charge in [-0.05, 0) is 16.7 Å². The van der Waals surface area contributed by atoms with Crippen LogP contribution in [0.4, 0.5) is 0 Å². The van der Waals surface area contributed by atoms with Crippen molar-refractivity contribution < 1.29 is 0 Å². The predicted molar refractivity (Wildman–Crippen MR) is 80.3 cm³/mol. The van der Waals surface area contributed by atoms with Crippen LogP contribution in [0.3, 0.4) is 0 Å². The third kappa shape index (κ3) is 1.76. The molecule has 0 nitrogen and oxygen atoms in total. The van der Waals surface area contributed by atoms with E-state index in [1.54, 1.807) is 0 Å². The van der Waals surface area contributed by atoms with Crippen molar-refractivity contribution in [3.63, 3.8) is 0 Å². The molecule has 0 heteroatoms. The Morgan fingerprint density at radius 3 is 2.58 bits per heavy atom. The maximum absolute atomic E-state index is 2.34. The summed E-state index contributed by atoms with van der Waals surface area (Å²) in [5.74, 6) is 0.905. The molecule has 91 valence electrons. The van der Waals surface area contributed by atoms with Crippen LogP contribution in [0.25, 0.3) is 6.08 Å². The third-order valence-electron chi connectivity index (χ3n) is 4.08. The highest BCUT2D eigenvalue weighted by Gasteiger charge is 2.28. The summed E-state index contributed by atoms with van der Waals surface area (Å²) in [5, 5.41) is 0. The topological polar surface area (TPSA) is 0 Å². The van der Waals surface area contributed by atoms with Crippen LogP contribution in [0.2, 0.25) is 0 Å². The fraction of sp³-hybridized carbons (Fsp3) is 0.105. The van der Waals surface area contributed by atoms with Gasteiger partial charge in [0.1, 0.15) is 0 Å². The van der Waals surface area contributed by atoms with Crippen molar-refractivity contribution in [1.82, 2.24) is 0 Å². The second-order valence-corrected chi connectivity index (χ2v) is 5.24. The van der Waals surface area contributed by atoms with Crippen molar-refractivity contribution in [3.8, 4) is 0 Å². The minimum Gasteiger partial charge on any atom is -0.0766 e. The number of hydrogen-bond donors (Lipinski definition) is 0. The molecule has 0 heterocycles. The Kier molecular flexibility index (Phi) is 2.41. The number of benzene rings is 1. The van der Waals surface area contributed by atoms with Gasteiger partial charge in [0.2, 0.25) is 0 Å². The van der Waals surface area contributed by atoms with E-state index in [1.165, 1.54) is 22.3 Å². The highest BCUT2D eigenvalue weighted by molar-refractivity contribution is 5.71. The van der Waals surface area contributed by atoms with Gasteiger partial charge in [0.05, 0.1) is 0 Å². The van der Waals surface area contributed by atoms with Gasteiger partial charge in [-0.2, -0.15) is 0 Å². The number of fused-ring (bicyclic) bond motifs is 2. The van der Waals surface area contributed by atoms with E-state index in [0.29, 0.717) is 11.8 Å². The van der Waals surface area contributed by atoms with E-state index in [9.17, 15) is 0 Å². The molecule has 2 atom stereocenters.